The van der Waals surface area contributed by atoms with E-state index in [1.807, 2.05) is 0 Å². The van der Waals surface area contributed by atoms with Crippen molar-refractivity contribution in [2.24, 2.45) is 29.1 Å². The number of hydrogen-bond acceptors (Lipinski definition) is 2. The smallest absolute Gasteiger partial charge is 0.133 e. The van der Waals surface area contributed by atoms with Gasteiger partial charge in [0.05, 0.1) is 0 Å². The summed E-state index contributed by atoms with van der Waals surface area (Å²) in [5.74, 6) is 5.54. The molecule has 2 heteroatoms. The fourth-order valence-electron chi connectivity index (χ4n) is 12.8. The number of nitrogens with zero attached hydrogens (tertiary/aromatic N) is 1. The lowest BCUT2D eigenvalue weighted by atomic mass is 9.26. The van der Waals surface area contributed by atoms with Crippen molar-refractivity contribution in [3.8, 4) is 22.6 Å². The predicted molar refractivity (Wildman–Crippen MR) is 204 cm³/mol. The molecule has 2 nitrogen and oxygen atoms in total. The number of hydrogen-bond donors (Lipinski definition) is 0. The van der Waals surface area contributed by atoms with E-state index in [0.717, 1.165) is 52.2 Å². The second-order valence-electron chi connectivity index (χ2n) is 18.1. The van der Waals surface area contributed by atoms with Gasteiger partial charge in [-0.25, -0.2) is 0 Å². The van der Waals surface area contributed by atoms with Crippen molar-refractivity contribution in [3.63, 3.8) is 0 Å². The largest absolute Gasteiger partial charge is 0.457 e. The summed E-state index contributed by atoms with van der Waals surface area (Å²) in [6.07, 6.45) is 8.21. The zero-order chi connectivity index (χ0) is 33.6. The number of benzene rings is 5. The molecule has 4 fully saturated rings. The molecule has 6 unspecified atom stereocenters. The average molecular weight is 654 g/mol. The van der Waals surface area contributed by atoms with E-state index in [2.05, 4.69) is 148 Å². The summed E-state index contributed by atoms with van der Waals surface area (Å²) in [6, 6.07) is 43.4. The van der Waals surface area contributed by atoms with Crippen LogP contribution in [-0.2, 0) is 16.2 Å². The maximum Gasteiger partial charge on any atom is 0.133 e. The molecule has 2 bridgehead atoms. The average Bonchev–Trinajstić information content (AvgIpc) is 3.66. The Bertz CT molecular complexity index is 2200. The summed E-state index contributed by atoms with van der Waals surface area (Å²) < 4.78 is 6.89. The molecule has 250 valence electrons. The highest BCUT2D eigenvalue weighted by atomic mass is 16.5. The summed E-state index contributed by atoms with van der Waals surface area (Å²) in [6.45, 7) is 9.64. The van der Waals surface area contributed by atoms with E-state index in [4.69, 9.17) is 4.74 Å². The van der Waals surface area contributed by atoms with Crippen molar-refractivity contribution in [2.75, 3.05) is 4.90 Å². The van der Waals surface area contributed by atoms with Crippen LogP contribution >= 0.6 is 0 Å². The van der Waals surface area contributed by atoms with Crippen LogP contribution in [0, 0.1) is 29.1 Å². The molecule has 11 rings (SSSR count). The van der Waals surface area contributed by atoms with Gasteiger partial charge in [0.15, 0.2) is 0 Å². The minimum Gasteiger partial charge on any atom is -0.457 e. The monoisotopic (exact) mass is 653 g/mol. The summed E-state index contributed by atoms with van der Waals surface area (Å²) in [5, 5.41) is 0. The highest BCUT2D eigenvalue weighted by Gasteiger charge is 2.84. The molecule has 1 aliphatic heterocycles. The van der Waals surface area contributed by atoms with Gasteiger partial charge in [0.2, 0.25) is 0 Å². The third kappa shape index (κ3) is 3.60. The van der Waals surface area contributed by atoms with E-state index in [-0.39, 0.29) is 16.2 Å². The summed E-state index contributed by atoms with van der Waals surface area (Å²) in [4.78, 5) is 2.40. The van der Waals surface area contributed by atoms with Crippen LogP contribution in [0.2, 0.25) is 0 Å². The molecule has 0 saturated heterocycles. The standard InChI is InChI=1S/C48H47NO/c1-45(2)22-23-46(3,4)40-26-32(16-20-37(40)45)31-14-17-35(18-15-31)49(34-10-6-5-7-11-34)36-19-21-39-42(28-36)50-41-13-9-8-12-38(41)48(39)43-25-30-24-33-27-44(48)47(33,43)29-30/h5-21,26,28,30,33,43-44H,22-25,27,29H2,1-4H3. The number of fused-ring (bicyclic) bond motifs is 8. The van der Waals surface area contributed by atoms with Gasteiger partial charge in [-0.3, -0.25) is 0 Å². The lowest BCUT2D eigenvalue weighted by Crippen LogP contribution is -2.74. The van der Waals surface area contributed by atoms with Crippen LogP contribution in [0.25, 0.3) is 11.1 Å². The second-order valence-corrected chi connectivity index (χ2v) is 18.1. The number of anilines is 3. The van der Waals surface area contributed by atoms with Gasteiger partial charge in [0.1, 0.15) is 11.5 Å². The third-order valence-electron chi connectivity index (χ3n) is 15.1. The summed E-state index contributed by atoms with van der Waals surface area (Å²) >= 11 is 0. The molecule has 4 saturated carbocycles. The number of ether oxygens (including phenoxy) is 1. The fourth-order valence-corrected chi connectivity index (χ4v) is 12.8. The summed E-state index contributed by atoms with van der Waals surface area (Å²) in [7, 11) is 0. The molecule has 5 aliphatic carbocycles. The molecule has 1 heterocycles. The maximum atomic E-state index is 6.89. The van der Waals surface area contributed by atoms with E-state index < -0.39 is 0 Å². The Morgan fingerprint density at radius 1 is 0.540 bits per heavy atom. The molecule has 0 radical (unpaired) electrons. The van der Waals surface area contributed by atoms with Crippen LogP contribution in [0.3, 0.4) is 0 Å². The molecule has 6 atom stereocenters. The van der Waals surface area contributed by atoms with Crippen LogP contribution in [0.4, 0.5) is 17.1 Å². The van der Waals surface area contributed by atoms with E-state index in [1.54, 1.807) is 0 Å². The van der Waals surface area contributed by atoms with Crippen LogP contribution in [-0.4, -0.2) is 0 Å². The Hall–Kier alpha value is -4.30. The Labute approximate surface area is 297 Å². The molecule has 6 aliphatic rings. The highest BCUT2D eigenvalue weighted by molar-refractivity contribution is 5.80. The van der Waals surface area contributed by atoms with E-state index in [1.165, 1.54) is 71.9 Å². The topological polar surface area (TPSA) is 12.5 Å². The zero-order valence-electron chi connectivity index (χ0n) is 29.9. The molecule has 5 aromatic carbocycles. The van der Waals surface area contributed by atoms with Crippen LogP contribution < -0.4 is 9.64 Å². The SMILES string of the molecule is CC1(C)CCC(C)(C)c2cc(-c3ccc(N(c4ccccc4)c4ccc5c(c4)Oc4ccccc4C54C5CC6CC7CC4C75C6)cc3)ccc21. The Morgan fingerprint density at radius 2 is 1.18 bits per heavy atom. The van der Waals surface area contributed by atoms with E-state index in [0.29, 0.717) is 5.41 Å². The lowest BCUT2D eigenvalue weighted by Gasteiger charge is -2.77. The minimum atomic E-state index is 0.103. The highest BCUT2D eigenvalue weighted by Crippen LogP contribution is 2.89. The molecule has 5 aromatic rings. The van der Waals surface area contributed by atoms with E-state index >= 15 is 0 Å². The van der Waals surface area contributed by atoms with Crippen LogP contribution in [0.1, 0.15) is 88.5 Å². The van der Waals surface area contributed by atoms with Gasteiger partial charge in [0.25, 0.3) is 0 Å². The molecule has 50 heavy (non-hydrogen) atoms. The number of para-hydroxylation sites is 2. The fraction of sp³-hybridized carbons (Fsp3) is 0.375. The first-order valence-corrected chi connectivity index (χ1v) is 19.2. The maximum absolute atomic E-state index is 6.89. The van der Waals surface area contributed by atoms with Crippen molar-refractivity contribution in [1.29, 1.82) is 0 Å². The molecule has 0 amide bonds. The normalized spacial score (nSPS) is 31.0. The lowest BCUT2D eigenvalue weighted by molar-refractivity contribution is -0.235. The Morgan fingerprint density at radius 3 is 1.98 bits per heavy atom. The second kappa shape index (κ2) is 9.72. The van der Waals surface area contributed by atoms with Gasteiger partial charge < -0.3 is 9.64 Å². The van der Waals surface area contributed by atoms with Crippen molar-refractivity contribution in [3.05, 3.63) is 138 Å². The minimum absolute atomic E-state index is 0.103. The molecular weight excluding hydrogens is 607 g/mol. The van der Waals surface area contributed by atoms with Gasteiger partial charge in [-0.2, -0.15) is 0 Å². The predicted octanol–water partition coefficient (Wildman–Crippen LogP) is 12.6. The zero-order valence-corrected chi connectivity index (χ0v) is 29.9. The van der Waals surface area contributed by atoms with Gasteiger partial charge in [-0.05, 0) is 137 Å². The molecular formula is C48H47NO. The van der Waals surface area contributed by atoms with Crippen molar-refractivity contribution < 1.29 is 4.74 Å². The first-order chi connectivity index (χ1) is 24.2. The van der Waals surface area contributed by atoms with Crippen molar-refractivity contribution in [1.82, 2.24) is 0 Å². The first-order valence-electron chi connectivity index (χ1n) is 19.2. The third-order valence-corrected chi connectivity index (χ3v) is 15.1. The van der Waals surface area contributed by atoms with Crippen molar-refractivity contribution in [2.45, 2.75) is 82.5 Å². The molecule has 2 spiro atoms. The molecule has 0 N–H and O–H groups in total. The van der Waals surface area contributed by atoms with Gasteiger partial charge in [-0.1, -0.05) is 100 Å². The van der Waals surface area contributed by atoms with Crippen molar-refractivity contribution >= 4 is 17.1 Å². The first kappa shape index (κ1) is 29.4. The molecule has 0 aromatic heterocycles. The van der Waals surface area contributed by atoms with Gasteiger partial charge in [0, 0.05) is 39.7 Å². The van der Waals surface area contributed by atoms with Crippen LogP contribution in [0.15, 0.2) is 115 Å². The van der Waals surface area contributed by atoms with Crippen LogP contribution in [0.5, 0.6) is 11.5 Å². The Balaban J connectivity index is 0.996. The number of rotatable bonds is 4. The summed E-state index contributed by atoms with van der Waals surface area (Å²) in [5.41, 5.74) is 13.1. The van der Waals surface area contributed by atoms with E-state index in [9.17, 15) is 0 Å². The Kier molecular flexibility index (Phi) is 5.72. The van der Waals surface area contributed by atoms with Gasteiger partial charge in [-0.15, -0.1) is 0 Å². The quantitative estimate of drug-likeness (QED) is 0.191. The van der Waals surface area contributed by atoms with Gasteiger partial charge >= 0.3 is 0 Å².